The van der Waals surface area contributed by atoms with E-state index in [9.17, 15) is 9.59 Å². The maximum atomic E-state index is 11.8. The zero-order chi connectivity index (χ0) is 12.8. The molecule has 0 aromatic carbocycles. The Kier molecular flexibility index (Phi) is 5.16. The minimum absolute atomic E-state index is 0.108. The number of carboxylic acids is 1. The highest BCUT2D eigenvalue weighted by Crippen LogP contribution is 2.28. The van der Waals surface area contributed by atoms with Gasteiger partial charge in [-0.05, 0) is 13.3 Å². The molecule has 0 aromatic heterocycles. The van der Waals surface area contributed by atoms with E-state index < -0.39 is 12.0 Å². The molecule has 0 radical (unpaired) electrons. The lowest BCUT2D eigenvalue weighted by Gasteiger charge is -2.25. The Hall–Kier alpha value is -1.35. The van der Waals surface area contributed by atoms with Gasteiger partial charge < -0.3 is 10.4 Å². The first kappa shape index (κ1) is 13.7. The van der Waals surface area contributed by atoms with Crippen molar-refractivity contribution in [3.05, 3.63) is 0 Å². The van der Waals surface area contributed by atoms with Gasteiger partial charge in [0, 0.05) is 18.7 Å². The molecular formula is C11H16N2O3S. The maximum Gasteiger partial charge on any atom is 0.327 e. The van der Waals surface area contributed by atoms with Gasteiger partial charge in [-0.25, -0.2) is 9.59 Å². The number of nitrogens with zero attached hydrogens (tertiary/aromatic N) is 1. The van der Waals surface area contributed by atoms with Gasteiger partial charge in [-0.2, -0.15) is 0 Å². The number of amides is 2. The molecule has 5 nitrogen and oxygen atoms in total. The van der Waals surface area contributed by atoms with E-state index in [1.807, 2.05) is 6.92 Å². The second-order valence-corrected chi connectivity index (χ2v) is 5.08. The quantitative estimate of drug-likeness (QED) is 0.580. The van der Waals surface area contributed by atoms with E-state index in [1.54, 1.807) is 0 Å². The van der Waals surface area contributed by atoms with Crippen LogP contribution in [0.5, 0.6) is 0 Å². The number of carbonyl (C=O) groups is 2. The smallest absolute Gasteiger partial charge is 0.327 e. The van der Waals surface area contributed by atoms with Crippen LogP contribution in [0.15, 0.2) is 0 Å². The van der Waals surface area contributed by atoms with Crippen molar-refractivity contribution in [3.63, 3.8) is 0 Å². The van der Waals surface area contributed by atoms with Crippen molar-refractivity contribution < 1.29 is 14.7 Å². The third-order valence-corrected chi connectivity index (χ3v) is 3.73. The molecule has 1 heterocycles. The monoisotopic (exact) mass is 256 g/mol. The Bertz CT molecular complexity index is 340. The van der Waals surface area contributed by atoms with Crippen LogP contribution in [0.3, 0.4) is 0 Å². The second-order valence-electron chi connectivity index (χ2n) is 3.73. The summed E-state index contributed by atoms with van der Waals surface area (Å²) in [5.74, 6) is 1.96. The summed E-state index contributed by atoms with van der Waals surface area (Å²) >= 11 is 1.47. The molecule has 2 unspecified atom stereocenters. The lowest BCUT2D eigenvalue weighted by Crippen LogP contribution is -2.49. The standard InChI is InChI=1S/C11H16N2O3S/c1-3-4-5-6-12-11(16)13-8(2)17-7-9(13)10(14)15/h1,8-9H,4-7H2,2H3,(H,12,16)(H,14,15). The number of terminal acetylenes is 1. The Morgan fingerprint density at radius 3 is 2.94 bits per heavy atom. The van der Waals surface area contributed by atoms with Crippen molar-refractivity contribution in [1.82, 2.24) is 10.2 Å². The van der Waals surface area contributed by atoms with Crippen molar-refractivity contribution in [2.45, 2.75) is 31.2 Å². The summed E-state index contributed by atoms with van der Waals surface area (Å²) in [6.07, 6.45) is 6.41. The van der Waals surface area contributed by atoms with Gasteiger partial charge in [0.15, 0.2) is 0 Å². The van der Waals surface area contributed by atoms with Crippen LogP contribution in [0.4, 0.5) is 4.79 Å². The molecule has 0 aliphatic carbocycles. The fraction of sp³-hybridized carbons (Fsp3) is 0.636. The molecule has 0 saturated carbocycles. The molecule has 94 valence electrons. The van der Waals surface area contributed by atoms with Gasteiger partial charge in [-0.3, -0.25) is 4.90 Å². The lowest BCUT2D eigenvalue weighted by molar-refractivity contribution is -0.141. The molecular weight excluding hydrogens is 240 g/mol. The van der Waals surface area contributed by atoms with Crippen LogP contribution in [0.2, 0.25) is 0 Å². The van der Waals surface area contributed by atoms with Gasteiger partial charge in [0.1, 0.15) is 6.04 Å². The Morgan fingerprint density at radius 1 is 1.65 bits per heavy atom. The zero-order valence-corrected chi connectivity index (χ0v) is 10.5. The van der Waals surface area contributed by atoms with Crippen molar-refractivity contribution in [2.24, 2.45) is 0 Å². The van der Waals surface area contributed by atoms with Crippen LogP contribution in [0, 0.1) is 12.3 Å². The topological polar surface area (TPSA) is 69.6 Å². The molecule has 2 atom stereocenters. The minimum atomic E-state index is -0.958. The number of urea groups is 1. The number of carbonyl (C=O) groups excluding carboxylic acids is 1. The number of unbranched alkanes of at least 4 members (excludes halogenated alkanes) is 1. The summed E-state index contributed by atoms with van der Waals surface area (Å²) in [6.45, 7) is 2.30. The summed E-state index contributed by atoms with van der Waals surface area (Å²) in [4.78, 5) is 24.2. The van der Waals surface area contributed by atoms with E-state index in [4.69, 9.17) is 11.5 Å². The predicted octanol–water partition coefficient (Wildman–Crippen LogP) is 0.957. The molecule has 1 fully saturated rings. The summed E-state index contributed by atoms with van der Waals surface area (Å²) in [7, 11) is 0. The van der Waals surface area contributed by atoms with Crippen LogP contribution in [-0.2, 0) is 4.79 Å². The highest BCUT2D eigenvalue weighted by molar-refractivity contribution is 8.00. The van der Waals surface area contributed by atoms with Gasteiger partial charge in [0.05, 0.1) is 5.37 Å². The molecule has 17 heavy (non-hydrogen) atoms. The third-order valence-electron chi connectivity index (χ3n) is 2.52. The molecule has 0 aromatic rings. The number of thioether (sulfide) groups is 1. The molecule has 2 amide bonds. The number of hydrogen-bond acceptors (Lipinski definition) is 3. The average Bonchev–Trinajstić information content (AvgIpc) is 2.66. The average molecular weight is 256 g/mol. The fourth-order valence-corrected chi connectivity index (χ4v) is 2.79. The van der Waals surface area contributed by atoms with Crippen molar-refractivity contribution >= 4 is 23.8 Å². The van der Waals surface area contributed by atoms with E-state index in [-0.39, 0.29) is 11.4 Å². The summed E-state index contributed by atoms with van der Waals surface area (Å²) in [5, 5.41) is 11.6. The molecule has 0 spiro atoms. The van der Waals surface area contributed by atoms with Gasteiger partial charge in [-0.15, -0.1) is 24.1 Å². The maximum absolute atomic E-state index is 11.8. The number of rotatable bonds is 4. The number of aliphatic carboxylic acids is 1. The minimum Gasteiger partial charge on any atom is -0.480 e. The molecule has 2 N–H and O–H groups in total. The highest BCUT2D eigenvalue weighted by Gasteiger charge is 2.39. The fourth-order valence-electron chi connectivity index (χ4n) is 1.62. The highest BCUT2D eigenvalue weighted by atomic mass is 32.2. The molecule has 1 aliphatic rings. The second kappa shape index (κ2) is 6.40. The van der Waals surface area contributed by atoms with E-state index >= 15 is 0 Å². The van der Waals surface area contributed by atoms with Crippen molar-refractivity contribution in [1.29, 1.82) is 0 Å². The van der Waals surface area contributed by atoms with Crippen LogP contribution in [0.25, 0.3) is 0 Å². The summed E-state index contributed by atoms with van der Waals surface area (Å²) in [5.41, 5.74) is 0. The Balaban J connectivity index is 2.48. The molecule has 6 heteroatoms. The van der Waals surface area contributed by atoms with E-state index in [0.717, 1.165) is 0 Å². The molecule has 0 bridgehead atoms. The number of hydrogen-bond donors (Lipinski definition) is 2. The van der Waals surface area contributed by atoms with Crippen molar-refractivity contribution in [3.8, 4) is 12.3 Å². The normalized spacial score (nSPS) is 23.2. The first-order valence-electron chi connectivity index (χ1n) is 5.42. The van der Waals surface area contributed by atoms with E-state index in [2.05, 4.69) is 11.2 Å². The lowest BCUT2D eigenvalue weighted by atomic mass is 10.3. The van der Waals surface area contributed by atoms with Crippen LogP contribution in [0.1, 0.15) is 19.8 Å². The number of nitrogens with one attached hydrogen (secondary N) is 1. The Morgan fingerprint density at radius 2 is 2.35 bits per heavy atom. The van der Waals surface area contributed by atoms with Crippen LogP contribution >= 0.6 is 11.8 Å². The molecule has 1 saturated heterocycles. The van der Waals surface area contributed by atoms with E-state index in [0.29, 0.717) is 25.1 Å². The van der Waals surface area contributed by atoms with Gasteiger partial charge in [0.2, 0.25) is 0 Å². The van der Waals surface area contributed by atoms with E-state index in [1.165, 1.54) is 16.7 Å². The first-order valence-corrected chi connectivity index (χ1v) is 6.47. The summed E-state index contributed by atoms with van der Waals surface area (Å²) < 4.78 is 0. The first-order chi connectivity index (χ1) is 8.07. The SMILES string of the molecule is C#CCCCNC(=O)N1C(C)SCC1C(=O)O. The predicted molar refractivity (Wildman–Crippen MR) is 66.6 cm³/mol. The number of carboxylic acid groups (broad SMARTS) is 1. The van der Waals surface area contributed by atoms with Crippen molar-refractivity contribution in [2.75, 3.05) is 12.3 Å². The molecule has 1 aliphatic heterocycles. The largest absolute Gasteiger partial charge is 0.480 e. The van der Waals surface area contributed by atoms with Crippen LogP contribution in [-0.4, -0.2) is 45.7 Å². The third kappa shape index (κ3) is 3.56. The van der Waals surface area contributed by atoms with Gasteiger partial charge in [0.25, 0.3) is 0 Å². The van der Waals surface area contributed by atoms with Gasteiger partial charge in [-0.1, -0.05) is 0 Å². The van der Waals surface area contributed by atoms with Gasteiger partial charge >= 0.3 is 12.0 Å². The van der Waals surface area contributed by atoms with Crippen LogP contribution < -0.4 is 5.32 Å². The molecule has 1 rings (SSSR count). The zero-order valence-electron chi connectivity index (χ0n) is 9.68. The summed E-state index contributed by atoms with van der Waals surface area (Å²) in [6, 6.07) is -1.06. The Labute approximate surface area is 105 Å².